The van der Waals surface area contributed by atoms with E-state index in [1.807, 2.05) is 10.2 Å². The fourth-order valence-electron chi connectivity index (χ4n) is 0.663. The first-order chi connectivity index (χ1) is 5.12. The standard InChI is InChI=1S/C8H15IO/c1-2-3-5-8(10)6-4-7-9/h4,7-8,10H,2-3,5-6H2,1H3/b7-4+/i8D. The van der Waals surface area contributed by atoms with E-state index in [1.54, 1.807) is 0 Å². The van der Waals surface area contributed by atoms with Crippen LogP contribution in [0.25, 0.3) is 0 Å². The topological polar surface area (TPSA) is 20.2 Å². The number of hydrogen-bond donors (Lipinski definition) is 1. The Kier molecular flexibility index (Phi) is 6.43. The molecule has 0 aliphatic carbocycles. The Labute approximate surface area is 78.1 Å². The maximum atomic E-state index is 9.39. The lowest BCUT2D eigenvalue weighted by atomic mass is 10.1. The normalized spacial score (nSPS) is 18.9. The Hall–Kier alpha value is 0.430. The third kappa shape index (κ3) is 6.55. The van der Waals surface area contributed by atoms with Crippen LogP contribution in [0.15, 0.2) is 10.2 Å². The molecule has 0 fully saturated rings. The van der Waals surface area contributed by atoms with Gasteiger partial charge < -0.3 is 5.11 Å². The molecule has 0 heterocycles. The highest BCUT2D eigenvalue weighted by molar-refractivity contribution is 14.1. The van der Waals surface area contributed by atoms with Crippen LogP contribution < -0.4 is 0 Å². The van der Waals surface area contributed by atoms with Crippen molar-refractivity contribution >= 4 is 22.6 Å². The average molecular weight is 255 g/mol. The van der Waals surface area contributed by atoms with Gasteiger partial charge in [-0.15, -0.1) is 0 Å². The van der Waals surface area contributed by atoms with Gasteiger partial charge in [-0.1, -0.05) is 48.4 Å². The first-order valence-corrected chi connectivity index (χ1v) is 4.84. The van der Waals surface area contributed by atoms with Crippen LogP contribution in [0, 0.1) is 0 Å². The zero-order chi connectivity index (χ0) is 8.74. The summed E-state index contributed by atoms with van der Waals surface area (Å²) in [7, 11) is 0. The van der Waals surface area contributed by atoms with Gasteiger partial charge in [-0.25, -0.2) is 0 Å². The molecule has 0 saturated carbocycles. The molecule has 0 aromatic heterocycles. The number of rotatable bonds is 5. The number of aliphatic hydroxyl groups is 1. The second-order valence-electron chi connectivity index (χ2n) is 2.24. The van der Waals surface area contributed by atoms with Crippen molar-refractivity contribution in [2.75, 3.05) is 0 Å². The lowest BCUT2D eigenvalue weighted by Crippen LogP contribution is -2.03. The molecule has 1 unspecified atom stereocenters. The van der Waals surface area contributed by atoms with Crippen molar-refractivity contribution in [2.45, 2.75) is 38.7 Å². The second-order valence-corrected chi connectivity index (χ2v) is 2.95. The molecule has 1 nitrogen and oxygen atoms in total. The highest BCUT2D eigenvalue weighted by atomic mass is 127. The van der Waals surface area contributed by atoms with E-state index in [2.05, 4.69) is 29.5 Å². The van der Waals surface area contributed by atoms with Crippen molar-refractivity contribution < 1.29 is 6.48 Å². The molecule has 0 saturated heterocycles. The van der Waals surface area contributed by atoms with E-state index >= 15 is 0 Å². The number of hydrogen-bond acceptors (Lipinski definition) is 1. The zero-order valence-electron chi connectivity index (χ0n) is 7.31. The Morgan fingerprint density at radius 1 is 1.80 bits per heavy atom. The lowest BCUT2D eigenvalue weighted by Gasteiger charge is -2.04. The third-order valence-electron chi connectivity index (χ3n) is 1.26. The van der Waals surface area contributed by atoms with Crippen LogP contribution in [-0.2, 0) is 0 Å². The molecular formula is C8H15IO. The first-order valence-electron chi connectivity index (χ1n) is 4.10. The van der Waals surface area contributed by atoms with Crippen molar-refractivity contribution in [1.82, 2.24) is 0 Å². The summed E-state index contributed by atoms with van der Waals surface area (Å²) in [5.41, 5.74) is 0. The largest absolute Gasteiger partial charge is 0.393 e. The van der Waals surface area contributed by atoms with Crippen LogP contribution >= 0.6 is 22.6 Å². The maximum absolute atomic E-state index is 9.39. The summed E-state index contributed by atoms with van der Waals surface area (Å²) in [6.07, 6.45) is 3.56. The van der Waals surface area contributed by atoms with E-state index in [4.69, 9.17) is 1.37 Å². The van der Waals surface area contributed by atoms with E-state index in [1.165, 1.54) is 0 Å². The monoisotopic (exact) mass is 255 g/mol. The van der Waals surface area contributed by atoms with Gasteiger partial charge in [0.05, 0.1) is 7.45 Å². The Morgan fingerprint density at radius 2 is 2.50 bits per heavy atom. The second kappa shape index (κ2) is 7.54. The van der Waals surface area contributed by atoms with Gasteiger partial charge in [0.2, 0.25) is 0 Å². The van der Waals surface area contributed by atoms with Gasteiger partial charge >= 0.3 is 0 Å². The van der Waals surface area contributed by atoms with Gasteiger partial charge in [-0.05, 0) is 16.9 Å². The van der Waals surface area contributed by atoms with Crippen LogP contribution in [-0.4, -0.2) is 11.2 Å². The predicted molar refractivity (Wildman–Crippen MR) is 53.3 cm³/mol. The van der Waals surface area contributed by atoms with Crippen molar-refractivity contribution in [2.24, 2.45) is 0 Å². The molecule has 0 amide bonds. The zero-order valence-corrected chi connectivity index (χ0v) is 8.47. The minimum atomic E-state index is -1.24. The maximum Gasteiger partial charge on any atom is 0.0604 e. The average Bonchev–Trinajstić information content (AvgIpc) is 1.97. The summed E-state index contributed by atoms with van der Waals surface area (Å²) in [6.45, 7) is 2.06. The van der Waals surface area contributed by atoms with Gasteiger partial charge in [0.25, 0.3) is 0 Å². The fourth-order valence-corrected chi connectivity index (χ4v) is 0.918. The summed E-state index contributed by atoms with van der Waals surface area (Å²) < 4.78 is 9.27. The molecule has 0 rings (SSSR count). The molecule has 0 spiro atoms. The summed E-state index contributed by atoms with van der Waals surface area (Å²) in [5.74, 6) is 0. The molecule has 10 heavy (non-hydrogen) atoms. The molecule has 2 heteroatoms. The van der Waals surface area contributed by atoms with E-state index in [0.29, 0.717) is 12.8 Å². The Balaban J connectivity index is 3.60. The van der Waals surface area contributed by atoms with E-state index in [-0.39, 0.29) is 0 Å². The third-order valence-corrected chi connectivity index (χ3v) is 1.77. The van der Waals surface area contributed by atoms with Crippen molar-refractivity contribution in [1.29, 1.82) is 0 Å². The van der Waals surface area contributed by atoms with Gasteiger partial charge in [-0.2, -0.15) is 0 Å². The van der Waals surface area contributed by atoms with Gasteiger partial charge in [0.1, 0.15) is 0 Å². The van der Waals surface area contributed by atoms with Crippen molar-refractivity contribution in [3.63, 3.8) is 0 Å². The van der Waals surface area contributed by atoms with Gasteiger partial charge in [0.15, 0.2) is 0 Å². The van der Waals surface area contributed by atoms with Crippen molar-refractivity contribution in [3.8, 4) is 0 Å². The minimum absolute atomic E-state index is 0.440. The van der Waals surface area contributed by atoms with Gasteiger partial charge in [-0.3, -0.25) is 0 Å². The predicted octanol–water partition coefficient (Wildman–Crippen LogP) is 2.88. The number of unbranched alkanes of at least 4 members (excludes halogenated alkanes) is 1. The van der Waals surface area contributed by atoms with E-state index < -0.39 is 6.08 Å². The van der Waals surface area contributed by atoms with Crippen molar-refractivity contribution in [3.05, 3.63) is 10.2 Å². The molecule has 0 radical (unpaired) electrons. The van der Waals surface area contributed by atoms with Gasteiger partial charge in [0, 0.05) is 0 Å². The Morgan fingerprint density at radius 3 is 3.00 bits per heavy atom. The summed E-state index contributed by atoms with van der Waals surface area (Å²) >= 11 is 2.09. The smallest absolute Gasteiger partial charge is 0.0604 e. The SMILES string of the molecule is [2H]C(O)(C/C=C/I)CCCC. The molecular weight excluding hydrogens is 239 g/mol. The highest BCUT2D eigenvalue weighted by Gasteiger charge is 1.98. The molecule has 0 aromatic rings. The van der Waals surface area contributed by atoms with Crippen LogP contribution in [0.5, 0.6) is 0 Å². The first kappa shape index (κ1) is 8.53. The summed E-state index contributed by atoms with van der Waals surface area (Å²) in [5, 5.41) is 9.39. The Bertz CT molecular complexity index is 123. The van der Waals surface area contributed by atoms with Crippen LogP contribution in [0.4, 0.5) is 0 Å². The number of halogens is 1. The molecule has 0 aromatic carbocycles. The fraction of sp³-hybridized carbons (Fsp3) is 0.750. The van der Waals surface area contributed by atoms with E-state index in [9.17, 15) is 5.11 Å². The lowest BCUT2D eigenvalue weighted by molar-refractivity contribution is 0.164. The van der Waals surface area contributed by atoms with Crippen LogP contribution in [0.3, 0.4) is 0 Å². The molecule has 0 aliphatic heterocycles. The molecule has 1 atom stereocenters. The summed E-state index contributed by atoms with van der Waals surface area (Å²) in [6, 6.07) is 0. The molecule has 0 aliphatic rings. The van der Waals surface area contributed by atoms with Crippen LogP contribution in [0.1, 0.15) is 34.0 Å². The summed E-state index contributed by atoms with van der Waals surface area (Å²) in [4.78, 5) is 0. The molecule has 0 bridgehead atoms. The van der Waals surface area contributed by atoms with E-state index in [0.717, 1.165) is 12.8 Å². The van der Waals surface area contributed by atoms with Crippen LogP contribution in [0.2, 0.25) is 0 Å². The minimum Gasteiger partial charge on any atom is -0.393 e. The molecule has 1 N–H and O–H groups in total. The molecule has 60 valence electrons. The quantitative estimate of drug-likeness (QED) is 0.749. The highest BCUT2D eigenvalue weighted by Crippen LogP contribution is 2.05.